The number of methoxy groups -OCH3 is 1. The summed E-state index contributed by atoms with van der Waals surface area (Å²) in [5.74, 6) is -0.316. The predicted octanol–water partition coefficient (Wildman–Crippen LogP) is 0.699. The van der Waals surface area contributed by atoms with Crippen molar-refractivity contribution in [3.05, 3.63) is 0 Å². The van der Waals surface area contributed by atoms with Gasteiger partial charge in [0, 0.05) is 20.5 Å². The molecule has 0 unspecified atom stereocenters. The fraction of sp³-hybridized carbons (Fsp3) is 0.875. The summed E-state index contributed by atoms with van der Waals surface area (Å²) in [6.45, 7) is 3.27. The van der Waals surface area contributed by atoms with Crippen LogP contribution in [0.3, 0.4) is 0 Å². The quantitative estimate of drug-likeness (QED) is 0.578. The zero-order valence-electron chi connectivity index (χ0n) is 7.57. The van der Waals surface area contributed by atoms with Gasteiger partial charge in [-0.25, -0.2) is 0 Å². The number of hydrogen-bond donors (Lipinski definition) is 0. The van der Waals surface area contributed by atoms with E-state index in [1.165, 1.54) is 6.92 Å². The lowest BCUT2D eigenvalue weighted by atomic mass is 10.2. The van der Waals surface area contributed by atoms with Gasteiger partial charge in [-0.1, -0.05) is 0 Å². The second kappa shape index (κ2) is 3.87. The molecule has 0 bridgehead atoms. The standard InChI is InChI=1S/C8H14O4/c1-5-7(10-3)4-8(11-5)12-6(2)9/h5,7-8H,4H2,1-3H3/t5-,7+,8+/m1/s1. The maximum Gasteiger partial charge on any atom is 0.304 e. The van der Waals surface area contributed by atoms with Gasteiger partial charge in [0.05, 0.1) is 12.2 Å². The van der Waals surface area contributed by atoms with Crippen LogP contribution in [0, 0.1) is 0 Å². The first-order chi connectivity index (χ1) is 5.63. The molecule has 0 amide bonds. The molecule has 1 heterocycles. The highest BCUT2D eigenvalue weighted by atomic mass is 16.7. The highest BCUT2D eigenvalue weighted by Crippen LogP contribution is 2.22. The van der Waals surface area contributed by atoms with E-state index in [2.05, 4.69) is 0 Å². The van der Waals surface area contributed by atoms with Crippen molar-refractivity contribution in [2.24, 2.45) is 0 Å². The van der Waals surface area contributed by atoms with Crippen LogP contribution >= 0.6 is 0 Å². The van der Waals surface area contributed by atoms with Crippen LogP contribution < -0.4 is 0 Å². The Bertz CT molecular complexity index is 168. The van der Waals surface area contributed by atoms with Crippen molar-refractivity contribution in [1.29, 1.82) is 0 Å². The number of ether oxygens (including phenoxy) is 3. The van der Waals surface area contributed by atoms with Gasteiger partial charge in [0.2, 0.25) is 6.29 Å². The molecule has 0 N–H and O–H groups in total. The van der Waals surface area contributed by atoms with Crippen molar-refractivity contribution in [2.45, 2.75) is 38.8 Å². The van der Waals surface area contributed by atoms with E-state index in [0.717, 1.165) is 0 Å². The van der Waals surface area contributed by atoms with E-state index >= 15 is 0 Å². The molecule has 1 aliphatic heterocycles. The van der Waals surface area contributed by atoms with Gasteiger partial charge in [-0.2, -0.15) is 0 Å². The van der Waals surface area contributed by atoms with Gasteiger partial charge in [-0.05, 0) is 6.92 Å². The first-order valence-electron chi connectivity index (χ1n) is 3.99. The van der Waals surface area contributed by atoms with Crippen LogP contribution in [0.5, 0.6) is 0 Å². The smallest absolute Gasteiger partial charge is 0.304 e. The topological polar surface area (TPSA) is 44.8 Å². The normalized spacial score (nSPS) is 35.1. The molecular formula is C8H14O4. The molecule has 4 heteroatoms. The summed E-state index contributed by atoms with van der Waals surface area (Å²) in [4.78, 5) is 10.6. The lowest BCUT2D eigenvalue weighted by Crippen LogP contribution is -2.18. The summed E-state index contributed by atoms with van der Waals surface area (Å²) in [7, 11) is 1.63. The van der Waals surface area contributed by atoms with Crippen LogP contribution in [-0.4, -0.2) is 31.6 Å². The van der Waals surface area contributed by atoms with Gasteiger partial charge >= 0.3 is 5.97 Å². The Morgan fingerprint density at radius 2 is 2.25 bits per heavy atom. The van der Waals surface area contributed by atoms with E-state index in [1.54, 1.807) is 7.11 Å². The Balaban J connectivity index is 2.37. The van der Waals surface area contributed by atoms with Gasteiger partial charge in [-0.3, -0.25) is 4.79 Å². The zero-order chi connectivity index (χ0) is 9.14. The number of carbonyl (C=O) groups excluding carboxylic acids is 1. The van der Waals surface area contributed by atoms with Crippen LogP contribution in [0.25, 0.3) is 0 Å². The van der Waals surface area contributed by atoms with Crippen LogP contribution in [0.15, 0.2) is 0 Å². The maximum atomic E-state index is 10.6. The van der Waals surface area contributed by atoms with Crippen molar-refractivity contribution in [2.75, 3.05) is 7.11 Å². The maximum absolute atomic E-state index is 10.6. The molecule has 4 nitrogen and oxygen atoms in total. The molecule has 12 heavy (non-hydrogen) atoms. The van der Waals surface area contributed by atoms with E-state index < -0.39 is 6.29 Å². The molecule has 0 aromatic heterocycles. The molecule has 1 rings (SSSR count). The van der Waals surface area contributed by atoms with E-state index in [9.17, 15) is 4.79 Å². The number of rotatable bonds is 2. The predicted molar refractivity (Wildman–Crippen MR) is 41.5 cm³/mol. The Kier molecular flexibility index (Phi) is 3.05. The second-order valence-electron chi connectivity index (χ2n) is 2.89. The van der Waals surface area contributed by atoms with Gasteiger partial charge in [0.25, 0.3) is 0 Å². The van der Waals surface area contributed by atoms with Crippen LogP contribution in [0.4, 0.5) is 0 Å². The Hall–Kier alpha value is -0.610. The zero-order valence-corrected chi connectivity index (χ0v) is 7.57. The molecule has 0 aliphatic carbocycles. The minimum atomic E-state index is -0.428. The minimum absolute atomic E-state index is 0.000602. The average Bonchev–Trinajstić information content (AvgIpc) is 2.29. The third kappa shape index (κ3) is 2.19. The minimum Gasteiger partial charge on any atom is -0.436 e. The summed E-state index contributed by atoms with van der Waals surface area (Å²) in [6.07, 6.45) is 0.230. The summed E-state index contributed by atoms with van der Waals surface area (Å²) in [5, 5.41) is 0. The van der Waals surface area contributed by atoms with Crippen molar-refractivity contribution in [1.82, 2.24) is 0 Å². The van der Waals surface area contributed by atoms with E-state index in [0.29, 0.717) is 6.42 Å². The van der Waals surface area contributed by atoms with Gasteiger partial charge in [-0.15, -0.1) is 0 Å². The molecule has 70 valence electrons. The van der Waals surface area contributed by atoms with Crippen molar-refractivity contribution >= 4 is 5.97 Å². The molecule has 0 saturated carbocycles. The van der Waals surface area contributed by atoms with E-state index in [-0.39, 0.29) is 18.2 Å². The van der Waals surface area contributed by atoms with Crippen LogP contribution in [-0.2, 0) is 19.0 Å². The Labute approximate surface area is 71.8 Å². The second-order valence-corrected chi connectivity index (χ2v) is 2.89. The molecule has 1 aliphatic rings. The first kappa shape index (κ1) is 9.48. The molecule has 3 atom stereocenters. The number of hydrogen-bond acceptors (Lipinski definition) is 4. The Morgan fingerprint density at radius 1 is 1.58 bits per heavy atom. The van der Waals surface area contributed by atoms with E-state index in [4.69, 9.17) is 14.2 Å². The first-order valence-corrected chi connectivity index (χ1v) is 3.99. The highest BCUT2D eigenvalue weighted by Gasteiger charge is 2.33. The van der Waals surface area contributed by atoms with Crippen LogP contribution in [0.2, 0.25) is 0 Å². The molecule has 0 spiro atoms. The van der Waals surface area contributed by atoms with E-state index in [1.807, 2.05) is 6.92 Å². The largest absolute Gasteiger partial charge is 0.436 e. The third-order valence-electron chi connectivity index (χ3n) is 1.91. The van der Waals surface area contributed by atoms with Gasteiger partial charge in [0.15, 0.2) is 0 Å². The molecule has 0 radical (unpaired) electrons. The fourth-order valence-corrected chi connectivity index (χ4v) is 1.31. The lowest BCUT2D eigenvalue weighted by Gasteiger charge is -2.10. The Morgan fingerprint density at radius 3 is 2.67 bits per heavy atom. The number of esters is 1. The van der Waals surface area contributed by atoms with Gasteiger partial charge < -0.3 is 14.2 Å². The van der Waals surface area contributed by atoms with Crippen molar-refractivity contribution in [3.8, 4) is 0 Å². The average molecular weight is 174 g/mol. The van der Waals surface area contributed by atoms with Crippen molar-refractivity contribution in [3.63, 3.8) is 0 Å². The monoisotopic (exact) mass is 174 g/mol. The van der Waals surface area contributed by atoms with Gasteiger partial charge in [0.1, 0.15) is 0 Å². The molecule has 1 fully saturated rings. The lowest BCUT2D eigenvalue weighted by molar-refractivity contribution is -0.171. The molecule has 0 aromatic rings. The number of carbonyl (C=O) groups is 1. The van der Waals surface area contributed by atoms with Crippen LogP contribution in [0.1, 0.15) is 20.3 Å². The fourth-order valence-electron chi connectivity index (χ4n) is 1.31. The summed E-state index contributed by atoms with van der Waals surface area (Å²) in [5.41, 5.74) is 0. The highest BCUT2D eigenvalue weighted by molar-refractivity contribution is 5.66. The molecule has 0 aromatic carbocycles. The molecule has 1 saturated heterocycles. The summed E-state index contributed by atoms with van der Waals surface area (Å²) in [6, 6.07) is 0. The summed E-state index contributed by atoms with van der Waals surface area (Å²) < 4.78 is 15.3. The van der Waals surface area contributed by atoms with Crippen molar-refractivity contribution < 1.29 is 19.0 Å². The summed E-state index contributed by atoms with van der Waals surface area (Å²) >= 11 is 0. The molecular weight excluding hydrogens is 160 g/mol. The SMILES string of the molecule is CO[C@H]1C[C@H](OC(C)=O)O[C@@H]1C. The third-order valence-corrected chi connectivity index (χ3v) is 1.91.